The molecule has 1 aromatic carbocycles. The number of nitrogens with one attached hydrogen (secondary N) is 1. The van der Waals surface area contributed by atoms with Gasteiger partial charge >= 0.3 is 0 Å². The quantitative estimate of drug-likeness (QED) is 0.507. The average Bonchev–Trinajstić information content (AvgIpc) is 3.30. The minimum absolute atomic E-state index is 0.0277. The van der Waals surface area contributed by atoms with Crippen molar-refractivity contribution in [1.82, 2.24) is 9.78 Å². The lowest BCUT2D eigenvalue weighted by molar-refractivity contribution is -0.111. The Labute approximate surface area is 184 Å². The first-order valence-electron chi connectivity index (χ1n) is 10.0. The number of rotatable bonds is 8. The number of hydrogen-bond donors (Lipinski definition) is 3. The Morgan fingerprint density at radius 1 is 1.25 bits per heavy atom. The molecular weight excluding hydrogens is 444 g/mol. The van der Waals surface area contributed by atoms with Gasteiger partial charge in [-0.15, -0.1) is 0 Å². The van der Waals surface area contributed by atoms with Crippen molar-refractivity contribution in [2.24, 2.45) is 5.92 Å². The van der Waals surface area contributed by atoms with Crippen molar-refractivity contribution in [2.75, 3.05) is 18.2 Å². The molecule has 1 amide bonds. The summed E-state index contributed by atoms with van der Waals surface area (Å²) in [6.07, 6.45) is -0.215. The number of aliphatic hydroxyl groups excluding tert-OH is 2. The first kappa shape index (κ1) is 24.0. The number of hydrogen-bond acceptors (Lipinski definition) is 6. The molecule has 0 spiro atoms. The molecule has 1 saturated carbocycles. The molecule has 4 atom stereocenters. The van der Waals surface area contributed by atoms with Crippen LogP contribution in [0.15, 0.2) is 47.5 Å². The van der Waals surface area contributed by atoms with Gasteiger partial charge in [0.25, 0.3) is 5.91 Å². The summed E-state index contributed by atoms with van der Waals surface area (Å²) in [6.45, 7) is -0.412. The van der Waals surface area contributed by atoms with E-state index in [-0.39, 0.29) is 35.7 Å². The Hall–Kier alpha value is -2.63. The molecule has 1 aliphatic carbocycles. The van der Waals surface area contributed by atoms with Gasteiger partial charge in [0.1, 0.15) is 12.3 Å². The van der Waals surface area contributed by atoms with Gasteiger partial charge in [-0.3, -0.25) is 9.48 Å². The fraction of sp³-hybridized carbons (Fsp3) is 0.429. The van der Waals surface area contributed by atoms with E-state index in [2.05, 4.69) is 10.4 Å². The standard InChI is InChI=1S/C21H25F2N3O5S/c1-32(30,31)16-4-2-14(3-5-16)17(8-13-9-18(22)19(23)10-13)21(29)24-20-6-7-26(25-20)11-15(28)12-27/h2-8,13,15,18-19,27-28H,9-12H2,1H3,(H,24,25,29)/b17-8+/t13?,15-,18-,19+/m0/s1. The van der Waals surface area contributed by atoms with E-state index in [1.807, 2.05) is 0 Å². The van der Waals surface area contributed by atoms with E-state index < -0.39 is 46.7 Å². The number of carbonyl (C=O) groups excluding carboxylic acids is 1. The van der Waals surface area contributed by atoms with E-state index in [1.54, 1.807) is 0 Å². The molecule has 1 aliphatic rings. The van der Waals surface area contributed by atoms with Gasteiger partial charge in [-0.05, 0) is 36.5 Å². The molecule has 11 heteroatoms. The SMILES string of the molecule is CS(=O)(=O)c1ccc(/C(=C\C2C[C@@H](F)[C@@H](F)C2)C(=O)Nc2ccn(C[C@H](O)CO)n2)cc1. The lowest BCUT2D eigenvalue weighted by Gasteiger charge is -2.12. The zero-order valence-corrected chi connectivity index (χ0v) is 18.2. The van der Waals surface area contributed by atoms with Crippen LogP contribution >= 0.6 is 0 Å². The van der Waals surface area contributed by atoms with Crippen LogP contribution in [0.5, 0.6) is 0 Å². The maximum Gasteiger partial charge on any atom is 0.257 e. The number of allylic oxidation sites excluding steroid dienone is 1. The molecule has 174 valence electrons. The highest BCUT2D eigenvalue weighted by molar-refractivity contribution is 7.90. The van der Waals surface area contributed by atoms with Crippen LogP contribution in [0.1, 0.15) is 18.4 Å². The van der Waals surface area contributed by atoms with Gasteiger partial charge in [0.05, 0.1) is 24.2 Å². The van der Waals surface area contributed by atoms with Crippen molar-refractivity contribution in [3.8, 4) is 0 Å². The highest BCUT2D eigenvalue weighted by atomic mass is 32.2. The van der Waals surface area contributed by atoms with Crippen molar-refractivity contribution < 1.29 is 32.2 Å². The van der Waals surface area contributed by atoms with Gasteiger partial charge in [-0.25, -0.2) is 17.2 Å². The van der Waals surface area contributed by atoms with Crippen LogP contribution in [0, 0.1) is 5.92 Å². The van der Waals surface area contributed by atoms with Crippen LogP contribution in [-0.2, 0) is 21.2 Å². The number of sulfone groups is 1. The molecular formula is C21H25F2N3O5S. The minimum atomic E-state index is -3.43. The number of aliphatic hydroxyl groups is 2. The Kier molecular flexibility index (Phi) is 7.42. The Balaban J connectivity index is 1.86. The average molecular weight is 470 g/mol. The second-order valence-corrected chi connectivity index (χ2v) is 9.87. The fourth-order valence-electron chi connectivity index (χ4n) is 3.51. The number of benzene rings is 1. The third-order valence-electron chi connectivity index (χ3n) is 5.18. The number of amides is 1. The van der Waals surface area contributed by atoms with Crippen molar-refractivity contribution >= 4 is 27.1 Å². The van der Waals surface area contributed by atoms with Crippen molar-refractivity contribution in [2.45, 2.75) is 42.7 Å². The van der Waals surface area contributed by atoms with E-state index in [1.165, 1.54) is 47.3 Å². The van der Waals surface area contributed by atoms with Crippen LogP contribution in [0.3, 0.4) is 0 Å². The number of halogens is 2. The maximum absolute atomic E-state index is 13.7. The highest BCUT2D eigenvalue weighted by Crippen LogP contribution is 2.34. The molecule has 8 nitrogen and oxygen atoms in total. The van der Waals surface area contributed by atoms with E-state index in [0.29, 0.717) is 5.56 Å². The number of aromatic nitrogens is 2. The predicted octanol–water partition coefficient (Wildman–Crippen LogP) is 1.75. The molecule has 1 aromatic heterocycles. The maximum atomic E-state index is 13.7. The summed E-state index contributed by atoms with van der Waals surface area (Å²) < 4.78 is 52.1. The molecule has 3 rings (SSSR count). The minimum Gasteiger partial charge on any atom is -0.394 e. The second kappa shape index (κ2) is 9.88. The van der Waals surface area contributed by atoms with Gasteiger partial charge < -0.3 is 15.5 Å². The van der Waals surface area contributed by atoms with E-state index in [0.717, 1.165) is 6.26 Å². The van der Waals surface area contributed by atoms with Crippen LogP contribution in [0.4, 0.5) is 14.6 Å². The summed E-state index contributed by atoms with van der Waals surface area (Å²) >= 11 is 0. The lowest BCUT2D eigenvalue weighted by Crippen LogP contribution is -2.20. The third kappa shape index (κ3) is 5.99. The highest BCUT2D eigenvalue weighted by Gasteiger charge is 2.34. The summed E-state index contributed by atoms with van der Waals surface area (Å²) in [4.78, 5) is 13.1. The summed E-state index contributed by atoms with van der Waals surface area (Å²) in [5.74, 6) is -0.896. The zero-order valence-electron chi connectivity index (χ0n) is 17.4. The number of carbonyl (C=O) groups is 1. The molecule has 3 N–H and O–H groups in total. The molecule has 0 saturated heterocycles. The van der Waals surface area contributed by atoms with Gasteiger partial charge in [0, 0.05) is 24.1 Å². The Morgan fingerprint density at radius 2 is 1.88 bits per heavy atom. The molecule has 1 unspecified atom stereocenters. The number of anilines is 1. The van der Waals surface area contributed by atoms with Crippen molar-refractivity contribution in [3.05, 3.63) is 48.2 Å². The molecule has 0 bridgehead atoms. The first-order valence-corrected chi connectivity index (χ1v) is 11.9. The van der Waals surface area contributed by atoms with Crippen LogP contribution in [0.25, 0.3) is 5.57 Å². The van der Waals surface area contributed by atoms with Gasteiger partial charge in [-0.2, -0.15) is 5.10 Å². The van der Waals surface area contributed by atoms with Crippen molar-refractivity contribution in [3.63, 3.8) is 0 Å². The Bertz CT molecular complexity index is 1080. The fourth-order valence-corrected chi connectivity index (χ4v) is 4.14. The predicted molar refractivity (Wildman–Crippen MR) is 114 cm³/mol. The van der Waals surface area contributed by atoms with Crippen LogP contribution in [-0.4, -0.2) is 65.6 Å². The summed E-state index contributed by atoms with van der Waals surface area (Å²) in [6, 6.07) is 7.15. The third-order valence-corrected chi connectivity index (χ3v) is 6.31. The smallest absolute Gasteiger partial charge is 0.257 e. The van der Waals surface area contributed by atoms with Crippen LogP contribution in [0.2, 0.25) is 0 Å². The molecule has 1 heterocycles. The molecule has 32 heavy (non-hydrogen) atoms. The normalized spacial score (nSPS) is 22.7. The van der Waals surface area contributed by atoms with E-state index in [9.17, 15) is 27.1 Å². The topological polar surface area (TPSA) is 122 Å². The summed E-state index contributed by atoms with van der Waals surface area (Å²) in [5, 5.41) is 25.1. The number of nitrogens with zero attached hydrogens (tertiary/aromatic N) is 2. The van der Waals surface area contributed by atoms with E-state index in [4.69, 9.17) is 5.11 Å². The largest absolute Gasteiger partial charge is 0.394 e. The monoisotopic (exact) mass is 469 g/mol. The van der Waals surface area contributed by atoms with Gasteiger partial charge in [0.2, 0.25) is 0 Å². The zero-order chi connectivity index (χ0) is 23.5. The molecule has 2 aromatic rings. The van der Waals surface area contributed by atoms with Crippen LogP contribution < -0.4 is 5.32 Å². The second-order valence-electron chi connectivity index (χ2n) is 7.85. The first-order chi connectivity index (χ1) is 15.1. The van der Waals surface area contributed by atoms with Crippen molar-refractivity contribution in [1.29, 1.82) is 0 Å². The summed E-state index contributed by atoms with van der Waals surface area (Å²) in [7, 11) is -3.43. The lowest BCUT2D eigenvalue weighted by atomic mass is 9.98. The van der Waals surface area contributed by atoms with Gasteiger partial charge in [-0.1, -0.05) is 18.2 Å². The Morgan fingerprint density at radius 3 is 2.44 bits per heavy atom. The van der Waals surface area contributed by atoms with Gasteiger partial charge in [0.15, 0.2) is 15.7 Å². The number of alkyl halides is 2. The molecule has 0 aliphatic heterocycles. The summed E-state index contributed by atoms with van der Waals surface area (Å²) in [5.41, 5.74) is 0.532. The van der Waals surface area contributed by atoms with E-state index >= 15 is 0 Å². The molecule has 1 fully saturated rings. The molecule has 0 radical (unpaired) electrons.